The van der Waals surface area contributed by atoms with Crippen molar-refractivity contribution >= 4 is 17.5 Å². The van der Waals surface area contributed by atoms with Gasteiger partial charge in [0.05, 0.1) is 23.0 Å². The molecule has 0 bridgehead atoms. The van der Waals surface area contributed by atoms with Gasteiger partial charge in [0.15, 0.2) is 0 Å². The molecule has 0 spiro atoms. The number of rotatable bonds is 2. The number of nitrogens with zero attached hydrogens (tertiary/aromatic N) is 3. The lowest BCUT2D eigenvalue weighted by atomic mass is 10.0. The third-order valence-electron chi connectivity index (χ3n) is 2.80. The van der Waals surface area contributed by atoms with Gasteiger partial charge in [-0.2, -0.15) is 10.2 Å². The summed E-state index contributed by atoms with van der Waals surface area (Å²) in [7, 11) is 0. The highest BCUT2D eigenvalue weighted by Gasteiger charge is 2.21. The van der Waals surface area contributed by atoms with Crippen molar-refractivity contribution in [1.29, 1.82) is 0 Å². The zero-order valence-corrected chi connectivity index (χ0v) is 10.8. The average molecular weight is 291 g/mol. The molecular formula is C13H8ClFN4O. The lowest BCUT2D eigenvalue weighted by Crippen LogP contribution is -1.92. The highest BCUT2D eigenvalue weighted by Crippen LogP contribution is 2.38. The van der Waals surface area contributed by atoms with Crippen molar-refractivity contribution in [2.24, 2.45) is 0 Å². The smallest absolute Gasteiger partial charge is 0.230 e. The Morgan fingerprint density at radius 3 is 2.80 bits per heavy atom. The third kappa shape index (κ3) is 2.00. The van der Waals surface area contributed by atoms with E-state index in [4.69, 9.17) is 21.9 Å². The second-order valence-electron chi connectivity index (χ2n) is 4.00. The molecule has 2 aromatic heterocycles. The summed E-state index contributed by atoms with van der Waals surface area (Å²) < 4.78 is 19.1. The first kappa shape index (κ1) is 12.6. The Morgan fingerprint density at radius 2 is 2.05 bits per heavy atom. The summed E-state index contributed by atoms with van der Waals surface area (Å²) in [4.78, 5) is 0. The van der Waals surface area contributed by atoms with Crippen LogP contribution < -0.4 is 5.73 Å². The van der Waals surface area contributed by atoms with E-state index in [1.165, 1.54) is 18.5 Å². The molecule has 0 aliphatic carbocycles. The number of hydrogen-bond acceptors (Lipinski definition) is 5. The summed E-state index contributed by atoms with van der Waals surface area (Å²) >= 11 is 5.79. The summed E-state index contributed by atoms with van der Waals surface area (Å²) in [6, 6.07) is 6.32. The summed E-state index contributed by atoms with van der Waals surface area (Å²) in [5.74, 6) is -0.565. The van der Waals surface area contributed by atoms with E-state index in [2.05, 4.69) is 15.4 Å². The topological polar surface area (TPSA) is 77.8 Å². The molecule has 0 fully saturated rings. The second kappa shape index (κ2) is 4.90. The molecule has 3 aromatic rings. The van der Waals surface area contributed by atoms with Crippen molar-refractivity contribution in [1.82, 2.24) is 15.4 Å². The lowest BCUT2D eigenvalue weighted by Gasteiger charge is -2.05. The Kier molecular flexibility index (Phi) is 3.08. The first-order valence-electron chi connectivity index (χ1n) is 5.65. The predicted octanol–water partition coefficient (Wildman–Crippen LogP) is 3.17. The van der Waals surface area contributed by atoms with Crippen LogP contribution in [0.3, 0.4) is 0 Å². The van der Waals surface area contributed by atoms with Crippen LogP contribution in [0.1, 0.15) is 0 Å². The van der Waals surface area contributed by atoms with Gasteiger partial charge in [-0.05, 0) is 12.1 Å². The first-order valence-corrected chi connectivity index (χ1v) is 6.03. The second-order valence-corrected chi connectivity index (χ2v) is 4.41. The summed E-state index contributed by atoms with van der Waals surface area (Å²) in [6.45, 7) is 0. The molecule has 1 aromatic carbocycles. The Labute approximate surface area is 118 Å². The van der Waals surface area contributed by atoms with Gasteiger partial charge in [0.1, 0.15) is 11.5 Å². The van der Waals surface area contributed by atoms with Crippen LogP contribution >= 0.6 is 11.6 Å². The van der Waals surface area contributed by atoms with Crippen LogP contribution in [0.25, 0.3) is 22.4 Å². The van der Waals surface area contributed by atoms with E-state index in [1.807, 2.05) is 0 Å². The molecule has 0 amide bonds. The number of nitrogen functional groups attached to an aromatic ring is 1. The number of halogens is 2. The van der Waals surface area contributed by atoms with Crippen molar-refractivity contribution in [3.63, 3.8) is 0 Å². The Balaban J connectivity index is 2.25. The van der Waals surface area contributed by atoms with E-state index >= 15 is 0 Å². The van der Waals surface area contributed by atoms with Gasteiger partial charge in [-0.15, -0.1) is 0 Å². The van der Waals surface area contributed by atoms with Gasteiger partial charge in [0, 0.05) is 11.1 Å². The third-order valence-corrected chi connectivity index (χ3v) is 3.09. The maximum atomic E-state index is 14.2. The fraction of sp³-hybridized carbons (Fsp3) is 0. The van der Waals surface area contributed by atoms with Gasteiger partial charge in [-0.1, -0.05) is 28.9 Å². The van der Waals surface area contributed by atoms with E-state index in [0.29, 0.717) is 16.8 Å². The van der Waals surface area contributed by atoms with Crippen LogP contribution in [0, 0.1) is 5.82 Å². The molecule has 0 unspecified atom stereocenters. The number of hydrogen-bond donors (Lipinski definition) is 1. The molecule has 0 saturated heterocycles. The van der Waals surface area contributed by atoms with Crippen LogP contribution in [0.15, 0.2) is 41.2 Å². The van der Waals surface area contributed by atoms with Gasteiger partial charge in [-0.3, -0.25) is 0 Å². The molecule has 7 heteroatoms. The molecule has 100 valence electrons. The maximum absolute atomic E-state index is 14.2. The lowest BCUT2D eigenvalue weighted by molar-refractivity contribution is 0.439. The molecule has 2 N–H and O–H groups in total. The normalized spacial score (nSPS) is 10.7. The Bertz CT molecular complexity index is 760. The molecular weight excluding hydrogens is 283 g/mol. The van der Waals surface area contributed by atoms with Crippen molar-refractivity contribution in [3.8, 4) is 22.4 Å². The zero-order valence-electron chi connectivity index (χ0n) is 10.0. The molecule has 20 heavy (non-hydrogen) atoms. The number of anilines is 1. The fourth-order valence-electron chi connectivity index (χ4n) is 1.89. The summed E-state index contributed by atoms with van der Waals surface area (Å²) in [6.07, 6.45) is 2.99. The van der Waals surface area contributed by atoms with E-state index in [-0.39, 0.29) is 16.5 Å². The first-order chi connectivity index (χ1) is 9.68. The molecule has 0 aliphatic heterocycles. The monoisotopic (exact) mass is 290 g/mol. The minimum atomic E-state index is -0.577. The van der Waals surface area contributed by atoms with Crippen LogP contribution in [0.2, 0.25) is 5.02 Å². The van der Waals surface area contributed by atoms with E-state index in [0.717, 1.165) is 0 Å². The number of aromatic nitrogens is 3. The maximum Gasteiger partial charge on any atom is 0.230 e. The van der Waals surface area contributed by atoms with Crippen LogP contribution in [-0.2, 0) is 0 Å². The summed E-state index contributed by atoms with van der Waals surface area (Å²) in [5, 5.41) is 11.3. The van der Waals surface area contributed by atoms with Crippen molar-refractivity contribution in [2.75, 3.05) is 5.73 Å². The van der Waals surface area contributed by atoms with Crippen molar-refractivity contribution < 1.29 is 8.91 Å². The number of nitrogens with two attached hydrogens (primary N) is 1. The molecule has 0 radical (unpaired) electrons. The van der Waals surface area contributed by atoms with Gasteiger partial charge >= 0.3 is 0 Å². The van der Waals surface area contributed by atoms with Crippen molar-refractivity contribution in [2.45, 2.75) is 0 Å². The summed E-state index contributed by atoms with van der Waals surface area (Å²) in [5.41, 5.74) is 7.33. The molecule has 0 atom stereocenters. The molecule has 0 aliphatic rings. The Morgan fingerprint density at radius 1 is 1.20 bits per heavy atom. The zero-order chi connectivity index (χ0) is 14.1. The van der Waals surface area contributed by atoms with Gasteiger partial charge < -0.3 is 10.3 Å². The van der Waals surface area contributed by atoms with Crippen molar-refractivity contribution in [3.05, 3.63) is 47.5 Å². The van der Waals surface area contributed by atoms with Crippen LogP contribution in [0.5, 0.6) is 0 Å². The molecule has 2 heterocycles. The minimum Gasteiger partial charge on any atom is -0.367 e. The SMILES string of the molecule is Nc1onc(-c2ccnnc2)c1-c1cccc(Cl)c1F. The molecule has 5 nitrogen and oxygen atoms in total. The van der Waals surface area contributed by atoms with E-state index < -0.39 is 5.82 Å². The number of benzene rings is 1. The van der Waals surface area contributed by atoms with E-state index in [9.17, 15) is 4.39 Å². The highest BCUT2D eigenvalue weighted by atomic mass is 35.5. The quantitative estimate of drug-likeness (QED) is 0.784. The predicted molar refractivity (Wildman–Crippen MR) is 72.3 cm³/mol. The Hall–Kier alpha value is -2.47. The highest BCUT2D eigenvalue weighted by molar-refractivity contribution is 6.31. The van der Waals surface area contributed by atoms with Gasteiger partial charge in [0.2, 0.25) is 5.88 Å². The van der Waals surface area contributed by atoms with Gasteiger partial charge in [-0.25, -0.2) is 4.39 Å². The minimum absolute atomic E-state index is 0.00176. The van der Waals surface area contributed by atoms with E-state index in [1.54, 1.807) is 18.2 Å². The average Bonchev–Trinajstić information content (AvgIpc) is 2.85. The van der Waals surface area contributed by atoms with Gasteiger partial charge in [0.25, 0.3) is 0 Å². The largest absolute Gasteiger partial charge is 0.367 e. The molecule has 0 saturated carbocycles. The fourth-order valence-corrected chi connectivity index (χ4v) is 2.06. The van der Waals surface area contributed by atoms with Crippen LogP contribution in [0.4, 0.5) is 10.3 Å². The molecule has 3 rings (SSSR count). The van der Waals surface area contributed by atoms with Crippen LogP contribution in [-0.4, -0.2) is 15.4 Å². The standard InChI is InChI=1S/C13H8ClFN4O/c14-9-3-1-2-8(11(9)15)10-12(19-20-13(10)16)7-4-5-17-18-6-7/h1-6H,16H2.